The van der Waals surface area contributed by atoms with Crippen molar-refractivity contribution in [2.24, 2.45) is 0 Å². The first kappa shape index (κ1) is 21.4. The predicted molar refractivity (Wildman–Crippen MR) is 108 cm³/mol. The summed E-state index contributed by atoms with van der Waals surface area (Å²) in [5.74, 6) is -0.326. The monoisotopic (exact) mass is 404 g/mol. The number of amides is 1. The van der Waals surface area contributed by atoms with Gasteiger partial charge in [0.2, 0.25) is 5.89 Å². The quantitative estimate of drug-likeness (QED) is 0.704. The molecular weight excluding hydrogens is 375 g/mol. The van der Waals surface area contributed by atoms with E-state index in [-0.39, 0.29) is 17.6 Å². The van der Waals surface area contributed by atoms with Gasteiger partial charge in [-0.3, -0.25) is 14.6 Å². The number of anilines is 1. The molecule has 0 aliphatic carbocycles. The van der Waals surface area contributed by atoms with Crippen molar-refractivity contribution in [1.29, 1.82) is 0 Å². The minimum atomic E-state index is -0.432. The molecule has 1 fully saturated rings. The molecule has 1 aromatic carbocycles. The summed E-state index contributed by atoms with van der Waals surface area (Å²) in [6.07, 6.45) is 2.88. The maximum atomic E-state index is 13.6. The van der Waals surface area contributed by atoms with Crippen LogP contribution >= 0.6 is 0 Å². The molecule has 0 radical (unpaired) electrons. The van der Waals surface area contributed by atoms with Gasteiger partial charge in [0.05, 0.1) is 12.6 Å². The number of nitrogens with zero attached hydrogens (tertiary/aromatic N) is 3. The first-order valence-corrected chi connectivity index (χ1v) is 10.1. The lowest BCUT2D eigenvalue weighted by atomic mass is 10.2. The van der Waals surface area contributed by atoms with E-state index >= 15 is 0 Å². The van der Waals surface area contributed by atoms with Gasteiger partial charge < -0.3 is 14.8 Å². The van der Waals surface area contributed by atoms with Crippen LogP contribution in [-0.2, 0) is 6.54 Å². The molecule has 1 aliphatic rings. The fourth-order valence-electron chi connectivity index (χ4n) is 3.40. The second-order valence-corrected chi connectivity index (χ2v) is 7.56. The first-order valence-electron chi connectivity index (χ1n) is 10.1. The fraction of sp³-hybridized carbons (Fsp3) is 0.524. The van der Waals surface area contributed by atoms with Crippen LogP contribution in [0.1, 0.15) is 41.7 Å². The SMILES string of the molecule is CCCC(O)CN1CCN(Cc2nc(C(=O)Nc3ccc(C)c(F)c3)co2)CC1. The van der Waals surface area contributed by atoms with Crippen LogP contribution in [0.25, 0.3) is 0 Å². The number of nitrogens with one attached hydrogen (secondary N) is 1. The zero-order chi connectivity index (χ0) is 20.8. The standard InChI is InChI=1S/C21H29FN4O3/c1-3-4-17(27)12-25-7-9-26(10-8-25)13-20-24-19(14-29-20)21(28)23-16-6-5-15(2)18(22)11-16/h5-6,11,14,17,27H,3-4,7-10,12-13H2,1-2H3,(H,23,28). The van der Waals surface area contributed by atoms with Crippen LogP contribution in [0.5, 0.6) is 0 Å². The van der Waals surface area contributed by atoms with Crippen LogP contribution in [0.15, 0.2) is 28.9 Å². The first-order chi connectivity index (χ1) is 13.9. The average Bonchev–Trinajstić information content (AvgIpc) is 3.15. The van der Waals surface area contributed by atoms with Crippen molar-refractivity contribution in [3.63, 3.8) is 0 Å². The van der Waals surface area contributed by atoms with E-state index < -0.39 is 5.91 Å². The molecule has 29 heavy (non-hydrogen) atoms. The highest BCUT2D eigenvalue weighted by atomic mass is 19.1. The number of aliphatic hydroxyl groups is 1. The number of aromatic nitrogens is 1. The van der Waals surface area contributed by atoms with Crippen molar-refractivity contribution in [1.82, 2.24) is 14.8 Å². The second kappa shape index (κ2) is 9.96. The van der Waals surface area contributed by atoms with Crippen LogP contribution < -0.4 is 5.32 Å². The summed E-state index contributed by atoms with van der Waals surface area (Å²) < 4.78 is 19.1. The summed E-state index contributed by atoms with van der Waals surface area (Å²) >= 11 is 0. The third-order valence-corrected chi connectivity index (χ3v) is 5.13. The van der Waals surface area contributed by atoms with Gasteiger partial charge in [0.25, 0.3) is 5.91 Å². The molecule has 1 unspecified atom stereocenters. The van der Waals surface area contributed by atoms with Gasteiger partial charge in [-0.15, -0.1) is 0 Å². The molecule has 7 nitrogen and oxygen atoms in total. The summed E-state index contributed by atoms with van der Waals surface area (Å²) in [7, 11) is 0. The van der Waals surface area contributed by atoms with Crippen LogP contribution in [0.4, 0.5) is 10.1 Å². The van der Waals surface area contributed by atoms with Crippen molar-refractivity contribution < 1.29 is 18.7 Å². The van der Waals surface area contributed by atoms with Gasteiger partial charge in [0.15, 0.2) is 5.69 Å². The molecule has 1 atom stereocenters. The van der Waals surface area contributed by atoms with E-state index in [1.54, 1.807) is 19.1 Å². The molecule has 1 saturated heterocycles. The summed E-state index contributed by atoms with van der Waals surface area (Å²) in [6, 6.07) is 4.54. The normalized spacial score (nSPS) is 16.7. The summed E-state index contributed by atoms with van der Waals surface area (Å²) in [4.78, 5) is 21.1. The lowest BCUT2D eigenvalue weighted by Gasteiger charge is -2.34. The van der Waals surface area contributed by atoms with Gasteiger partial charge in [-0.25, -0.2) is 9.37 Å². The van der Waals surface area contributed by atoms with Crippen molar-refractivity contribution >= 4 is 11.6 Å². The van der Waals surface area contributed by atoms with Crippen LogP contribution in [0.2, 0.25) is 0 Å². The third-order valence-electron chi connectivity index (χ3n) is 5.13. The molecule has 2 N–H and O–H groups in total. The third kappa shape index (κ3) is 6.09. The number of aliphatic hydroxyl groups excluding tert-OH is 1. The molecule has 2 heterocycles. The highest BCUT2D eigenvalue weighted by Gasteiger charge is 2.21. The van der Waals surface area contributed by atoms with Gasteiger partial charge in [-0.2, -0.15) is 0 Å². The van der Waals surface area contributed by atoms with E-state index in [0.717, 1.165) is 39.0 Å². The molecule has 1 amide bonds. The number of carbonyl (C=O) groups excluding carboxylic acids is 1. The molecule has 158 valence electrons. The van der Waals surface area contributed by atoms with Gasteiger partial charge in [-0.05, 0) is 31.0 Å². The largest absolute Gasteiger partial charge is 0.447 e. The molecule has 3 rings (SSSR count). The number of aryl methyl sites for hydroxylation is 1. The lowest BCUT2D eigenvalue weighted by molar-refractivity contribution is 0.0634. The minimum absolute atomic E-state index is 0.169. The highest BCUT2D eigenvalue weighted by molar-refractivity contribution is 6.02. The zero-order valence-corrected chi connectivity index (χ0v) is 17.0. The second-order valence-electron chi connectivity index (χ2n) is 7.56. The molecule has 0 saturated carbocycles. The Hall–Kier alpha value is -2.29. The smallest absolute Gasteiger partial charge is 0.277 e. The van der Waals surface area contributed by atoms with Crippen molar-refractivity contribution in [2.75, 3.05) is 38.0 Å². The van der Waals surface area contributed by atoms with Gasteiger partial charge in [0.1, 0.15) is 12.1 Å². The fourth-order valence-corrected chi connectivity index (χ4v) is 3.40. The molecular formula is C21H29FN4O3. The number of benzene rings is 1. The van der Waals surface area contributed by atoms with E-state index in [2.05, 4.69) is 27.0 Å². The maximum absolute atomic E-state index is 13.6. The van der Waals surface area contributed by atoms with E-state index in [0.29, 0.717) is 30.2 Å². The van der Waals surface area contributed by atoms with Crippen molar-refractivity contribution in [3.8, 4) is 0 Å². The molecule has 0 bridgehead atoms. The number of rotatable bonds is 8. The Bertz CT molecular complexity index is 818. The lowest BCUT2D eigenvalue weighted by Crippen LogP contribution is -2.48. The van der Waals surface area contributed by atoms with E-state index in [9.17, 15) is 14.3 Å². The Kier molecular flexibility index (Phi) is 7.35. The number of hydrogen-bond donors (Lipinski definition) is 2. The highest BCUT2D eigenvalue weighted by Crippen LogP contribution is 2.15. The van der Waals surface area contributed by atoms with E-state index in [1.165, 1.54) is 12.3 Å². The summed E-state index contributed by atoms with van der Waals surface area (Å²) in [5, 5.41) is 12.6. The number of piperazine rings is 1. The van der Waals surface area contributed by atoms with Crippen LogP contribution in [0.3, 0.4) is 0 Å². The Labute approximate surface area is 170 Å². The molecule has 1 aliphatic heterocycles. The molecule has 0 spiro atoms. The Balaban J connectivity index is 1.48. The Morgan fingerprint density at radius 3 is 2.72 bits per heavy atom. The zero-order valence-electron chi connectivity index (χ0n) is 17.0. The number of oxazole rings is 1. The van der Waals surface area contributed by atoms with E-state index in [1.807, 2.05) is 0 Å². The number of carbonyl (C=O) groups is 1. The number of halogens is 1. The van der Waals surface area contributed by atoms with Gasteiger partial charge in [0, 0.05) is 38.4 Å². The summed E-state index contributed by atoms with van der Waals surface area (Å²) in [5.41, 5.74) is 1.07. The number of β-amino-alcohol motifs (C(OH)–C–C–N with tert-alkyl or cyclic N) is 1. The summed E-state index contributed by atoms with van der Waals surface area (Å²) in [6.45, 7) is 8.45. The average molecular weight is 404 g/mol. The molecule has 2 aromatic rings. The van der Waals surface area contributed by atoms with Gasteiger partial charge in [-0.1, -0.05) is 19.4 Å². The van der Waals surface area contributed by atoms with Crippen LogP contribution in [0, 0.1) is 12.7 Å². The van der Waals surface area contributed by atoms with Crippen LogP contribution in [-0.4, -0.2) is 64.6 Å². The minimum Gasteiger partial charge on any atom is -0.447 e. The van der Waals surface area contributed by atoms with Crippen molar-refractivity contribution in [2.45, 2.75) is 39.3 Å². The van der Waals surface area contributed by atoms with Gasteiger partial charge >= 0.3 is 0 Å². The predicted octanol–water partition coefficient (Wildman–Crippen LogP) is 2.65. The molecule has 1 aromatic heterocycles. The Morgan fingerprint density at radius 2 is 2.03 bits per heavy atom. The molecule has 8 heteroatoms. The number of hydrogen-bond acceptors (Lipinski definition) is 6. The van der Waals surface area contributed by atoms with E-state index in [4.69, 9.17) is 4.42 Å². The van der Waals surface area contributed by atoms with Crippen molar-refractivity contribution in [3.05, 3.63) is 47.4 Å². The topological polar surface area (TPSA) is 81.8 Å². The maximum Gasteiger partial charge on any atom is 0.277 e. The Morgan fingerprint density at radius 1 is 1.31 bits per heavy atom.